The Balaban J connectivity index is 1.89. The first-order valence-electron chi connectivity index (χ1n) is 5.72. The molecular weight excluding hydrogens is 282 g/mol. The molecule has 0 radical (unpaired) electrons. The van der Waals surface area contributed by atoms with E-state index in [9.17, 15) is 4.79 Å². The Morgan fingerprint density at radius 3 is 3.06 bits per heavy atom. The van der Waals surface area contributed by atoms with E-state index >= 15 is 0 Å². The molecule has 2 rings (SSSR count). The van der Waals surface area contributed by atoms with Crippen LogP contribution in [-0.2, 0) is 6.42 Å². The van der Waals surface area contributed by atoms with Crippen molar-refractivity contribution in [3.63, 3.8) is 0 Å². The van der Waals surface area contributed by atoms with Gasteiger partial charge < -0.3 is 16.4 Å². The van der Waals surface area contributed by atoms with Crippen molar-refractivity contribution in [1.29, 1.82) is 0 Å². The van der Waals surface area contributed by atoms with Crippen molar-refractivity contribution in [3.05, 3.63) is 33.8 Å². The molecule has 1 unspecified atom stereocenters. The number of primary amides is 1. The molecule has 0 fully saturated rings. The SMILES string of the molecule is NC(=O)NCCNC1CCc2c(Br)cccc21. The molecule has 0 saturated heterocycles. The Morgan fingerprint density at radius 2 is 2.29 bits per heavy atom. The van der Waals surface area contributed by atoms with E-state index in [1.165, 1.54) is 15.6 Å². The summed E-state index contributed by atoms with van der Waals surface area (Å²) in [5.74, 6) is 0. The number of fused-ring (bicyclic) bond motifs is 1. The topological polar surface area (TPSA) is 67.2 Å². The Kier molecular flexibility index (Phi) is 4.02. The molecule has 1 atom stereocenters. The van der Waals surface area contributed by atoms with E-state index in [-0.39, 0.29) is 0 Å². The summed E-state index contributed by atoms with van der Waals surface area (Å²) in [5, 5.41) is 6.00. The maximum atomic E-state index is 10.5. The van der Waals surface area contributed by atoms with Gasteiger partial charge in [-0.15, -0.1) is 0 Å². The van der Waals surface area contributed by atoms with E-state index in [4.69, 9.17) is 5.73 Å². The molecule has 1 aliphatic rings. The van der Waals surface area contributed by atoms with Crippen LogP contribution in [0.1, 0.15) is 23.6 Å². The van der Waals surface area contributed by atoms with Crippen LogP contribution in [0, 0.1) is 0 Å². The van der Waals surface area contributed by atoms with Gasteiger partial charge in [-0.1, -0.05) is 28.1 Å². The predicted molar refractivity (Wildman–Crippen MR) is 70.8 cm³/mol. The lowest BCUT2D eigenvalue weighted by atomic mass is 10.1. The third-order valence-electron chi connectivity index (χ3n) is 3.03. The summed E-state index contributed by atoms with van der Waals surface area (Å²) in [6.07, 6.45) is 2.20. The number of urea groups is 1. The second-order valence-corrected chi connectivity index (χ2v) is 5.00. The van der Waals surface area contributed by atoms with Crippen molar-refractivity contribution in [2.75, 3.05) is 13.1 Å². The summed E-state index contributed by atoms with van der Waals surface area (Å²) in [6.45, 7) is 1.30. The van der Waals surface area contributed by atoms with Gasteiger partial charge in [0.25, 0.3) is 0 Å². The number of nitrogens with one attached hydrogen (secondary N) is 2. The minimum absolute atomic E-state index is 0.386. The molecule has 0 aliphatic heterocycles. The van der Waals surface area contributed by atoms with Crippen molar-refractivity contribution < 1.29 is 4.79 Å². The summed E-state index contributed by atoms with van der Waals surface area (Å²) in [7, 11) is 0. The molecule has 0 spiro atoms. The number of carbonyl (C=O) groups is 1. The fraction of sp³-hybridized carbons (Fsp3) is 0.417. The van der Waals surface area contributed by atoms with Gasteiger partial charge in [-0.3, -0.25) is 0 Å². The van der Waals surface area contributed by atoms with E-state index < -0.39 is 6.03 Å². The van der Waals surface area contributed by atoms with Gasteiger partial charge in [0.15, 0.2) is 0 Å². The molecule has 1 aromatic carbocycles. The summed E-state index contributed by atoms with van der Waals surface area (Å²) >= 11 is 3.57. The van der Waals surface area contributed by atoms with E-state index in [1.54, 1.807) is 0 Å². The highest BCUT2D eigenvalue weighted by Crippen LogP contribution is 2.35. The first kappa shape index (κ1) is 12.4. The highest BCUT2D eigenvalue weighted by atomic mass is 79.9. The summed E-state index contributed by atoms with van der Waals surface area (Å²) in [6, 6.07) is 6.21. The second-order valence-electron chi connectivity index (χ2n) is 4.14. The van der Waals surface area contributed by atoms with Crippen LogP contribution >= 0.6 is 15.9 Å². The number of halogens is 1. The molecule has 1 aromatic rings. The van der Waals surface area contributed by atoms with Crippen LogP contribution in [0.2, 0.25) is 0 Å². The highest BCUT2D eigenvalue weighted by Gasteiger charge is 2.22. The monoisotopic (exact) mass is 297 g/mol. The van der Waals surface area contributed by atoms with E-state index in [0.29, 0.717) is 12.6 Å². The van der Waals surface area contributed by atoms with Crippen LogP contribution in [0.5, 0.6) is 0 Å². The molecule has 17 heavy (non-hydrogen) atoms. The Hall–Kier alpha value is -1.07. The summed E-state index contributed by atoms with van der Waals surface area (Å²) in [4.78, 5) is 10.5. The zero-order valence-electron chi connectivity index (χ0n) is 9.50. The number of benzene rings is 1. The number of carbonyl (C=O) groups excluding carboxylic acids is 1. The average molecular weight is 298 g/mol. The second kappa shape index (κ2) is 5.51. The highest BCUT2D eigenvalue weighted by molar-refractivity contribution is 9.10. The molecule has 4 nitrogen and oxygen atoms in total. The van der Waals surface area contributed by atoms with Crippen LogP contribution in [0.3, 0.4) is 0 Å². The third-order valence-corrected chi connectivity index (χ3v) is 3.77. The van der Waals surface area contributed by atoms with Crippen molar-refractivity contribution >= 4 is 22.0 Å². The lowest BCUT2D eigenvalue weighted by Crippen LogP contribution is -2.36. The molecule has 92 valence electrons. The molecule has 0 saturated carbocycles. The van der Waals surface area contributed by atoms with Crippen molar-refractivity contribution in [1.82, 2.24) is 10.6 Å². The van der Waals surface area contributed by atoms with Gasteiger partial charge >= 0.3 is 6.03 Å². The average Bonchev–Trinajstić information content (AvgIpc) is 2.69. The summed E-state index contributed by atoms with van der Waals surface area (Å²) < 4.78 is 1.19. The van der Waals surface area contributed by atoms with Crippen LogP contribution in [0.15, 0.2) is 22.7 Å². The van der Waals surface area contributed by atoms with Gasteiger partial charge in [-0.2, -0.15) is 0 Å². The zero-order chi connectivity index (χ0) is 12.3. The maximum absolute atomic E-state index is 10.5. The van der Waals surface area contributed by atoms with Crippen molar-refractivity contribution in [2.24, 2.45) is 5.73 Å². The number of amides is 2. The van der Waals surface area contributed by atoms with Crippen LogP contribution in [0.4, 0.5) is 4.79 Å². The Bertz CT molecular complexity index is 422. The lowest BCUT2D eigenvalue weighted by molar-refractivity contribution is 0.249. The first-order chi connectivity index (χ1) is 8.18. The van der Waals surface area contributed by atoms with Crippen LogP contribution in [0.25, 0.3) is 0 Å². The number of nitrogens with two attached hydrogens (primary N) is 1. The van der Waals surface area contributed by atoms with Crippen LogP contribution in [-0.4, -0.2) is 19.1 Å². The minimum atomic E-state index is -0.471. The van der Waals surface area contributed by atoms with Gasteiger partial charge in [0.05, 0.1) is 0 Å². The molecule has 0 bridgehead atoms. The van der Waals surface area contributed by atoms with E-state index in [1.807, 2.05) is 0 Å². The Labute approximate surface area is 109 Å². The van der Waals surface area contributed by atoms with E-state index in [0.717, 1.165) is 19.4 Å². The zero-order valence-corrected chi connectivity index (χ0v) is 11.1. The smallest absolute Gasteiger partial charge is 0.312 e. The number of hydrogen-bond donors (Lipinski definition) is 3. The normalized spacial score (nSPS) is 17.8. The van der Waals surface area contributed by atoms with E-state index in [2.05, 4.69) is 44.8 Å². The molecule has 1 aliphatic carbocycles. The fourth-order valence-electron chi connectivity index (χ4n) is 2.25. The lowest BCUT2D eigenvalue weighted by Gasteiger charge is -2.14. The quantitative estimate of drug-likeness (QED) is 0.741. The molecule has 0 heterocycles. The Morgan fingerprint density at radius 1 is 1.47 bits per heavy atom. The van der Waals surface area contributed by atoms with Crippen LogP contribution < -0.4 is 16.4 Å². The van der Waals surface area contributed by atoms with Gasteiger partial charge in [0, 0.05) is 23.6 Å². The van der Waals surface area contributed by atoms with Gasteiger partial charge in [-0.05, 0) is 30.0 Å². The van der Waals surface area contributed by atoms with Gasteiger partial charge in [-0.25, -0.2) is 4.79 Å². The maximum Gasteiger partial charge on any atom is 0.312 e. The molecule has 4 N–H and O–H groups in total. The molecule has 0 aromatic heterocycles. The largest absolute Gasteiger partial charge is 0.352 e. The standard InChI is InChI=1S/C12H16BrN3O/c13-10-3-1-2-9-8(10)4-5-11(9)15-6-7-16-12(14)17/h1-3,11,15H,4-7H2,(H3,14,16,17). The number of rotatable bonds is 4. The van der Waals surface area contributed by atoms with Gasteiger partial charge in [0.2, 0.25) is 0 Å². The molecule has 5 heteroatoms. The van der Waals surface area contributed by atoms with Crippen molar-refractivity contribution in [2.45, 2.75) is 18.9 Å². The van der Waals surface area contributed by atoms with Crippen molar-refractivity contribution in [3.8, 4) is 0 Å². The fourth-order valence-corrected chi connectivity index (χ4v) is 2.83. The first-order valence-corrected chi connectivity index (χ1v) is 6.52. The number of hydrogen-bond acceptors (Lipinski definition) is 2. The minimum Gasteiger partial charge on any atom is -0.352 e. The predicted octanol–water partition coefficient (Wildman–Crippen LogP) is 1.69. The third kappa shape index (κ3) is 2.98. The molecule has 2 amide bonds. The summed E-state index contributed by atoms with van der Waals surface area (Å²) in [5.41, 5.74) is 7.75. The van der Waals surface area contributed by atoms with Gasteiger partial charge in [0.1, 0.15) is 0 Å². The molecular formula is C12H16BrN3O.